The third-order valence-corrected chi connectivity index (χ3v) is 19.8. The average Bonchev–Trinajstić information content (AvgIpc) is 1.63. The largest absolute Gasteiger partial charge is 1.00 e. The van der Waals surface area contributed by atoms with Gasteiger partial charge in [0.25, 0.3) is 47.3 Å². The van der Waals surface area contributed by atoms with Gasteiger partial charge in [-0.1, -0.05) is 24.3 Å². The number of hydrogen-bond donors (Lipinski definition) is 14. The first-order chi connectivity index (χ1) is 56.3. The molecule has 13 amide bonds. The van der Waals surface area contributed by atoms with Gasteiger partial charge in [-0.2, -0.15) is 0 Å². The van der Waals surface area contributed by atoms with Crippen molar-refractivity contribution in [2.24, 2.45) is 56.4 Å². The molecule has 0 radical (unpaired) electrons. The number of aromatic hydroxyl groups is 1. The molecule has 1 aliphatic heterocycles. The van der Waals surface area contributed by atoms with Crippen LogP contribution in [0.15, 0.2) is 116 Å². The van der Waals surface area contributed by atoms with Crippen LogP contribution < -0.4 is 86.0 Å². The standard InChI is InChI=1S/C78H92ClN25O14.ClH/c1-95(2)27-14-22-80-63(107)20-24-84-72(112)55-30-46(38-98(55)5)85-73(113)56-31-47(39-99(56)6)87-75(115)58-33-48(40-101(58)8)88-77(117)68-91-60(42-102(68)9)93-70(110)52(90-64(108)18-13-17-62(106)81-25-21-65(109)104-36-44(35-79)66-51-16-12-11-15-50(51)59(105)34-53(66)104)19-23-83-71(111)54-29-45(37-97(54)4)86-74(114)57-32-49(41-100(57)7)89-78(118)69-92-61(43-103(69)10)94-76(116)67-82-26-28-96(67)3;/h11-12,15-16,26,28-34,37-44,52,105H,13-14,17-25,27,35-36H2,1-10H3,(H,80,107)(H,81,106)(H,83,111)(H,84,112)(H,85,113)(H,86,114)(H,87,115)(H,88,117)(H,89,118)(H,90,108)(H,93,110)(H,94,116);1H/t44-,52-;/m1./s1. The first kappa shape index (κ1) is 87.6. The molecule has 0 fully saturated rings. The number of rotatable bonds is 35. The van der Waals surface area contributed by atoms with E-state index in [2.05, 4.69) is 78.8 Å². The fraction of sp³-hybridized carbons (Fsp3) is 0.333. The number of halogens is 2. The van der Waals surface area contributed by atoms with Crippen LogP contribution in [0.4, 0.5) is 45.8 Å². The summed E-state index contributed by atoms with van der Waals surface area (Å²) >= 11 is 6.38. The average molecular weight is 1680 g/mol. The van der Waals surface area contributed by atoms with Gasteiger partial charge in [-0.3, -0.25) is 62.3 Å². The molecule has 0 unspecified atom stereocenters. The second kappa shape index (κ2) is 38.8. The lowest BCUT2D eigenvalue weighted by Crippen LogP contribution is -3.05. The van der Waals surface area contributed by atoms with E-state index in [0.717, 1.165) is 23.9 Å². The van der Waals surface area contributed by atoms with Gasteiger partial charge in [-0.15, -0.1) is 11.6 Å². The molecule has 2 aromatic carbocycles. The Morgan fingerprint density at radius 3 is 1.39 bits per heavy atom. The molecule has 2 atom stereocenters. The number of carbonyl (C=O) groups excluding carboxylic acids is 13. The molecule has 0 bridgehead atoms. The minimum Gasteiger partial charge on any atom is -1.00 e. The van der Waals surface area contributed by atoms with Crippen LogP contribution in [0.3, 0.4) is 0 Å². The van der Waals surface area contributed by atoms with Crippen LogP contribution in [0.25, 0.3) is 10.8 Å². The van der Waals surface area contributed by atoms with Gasteiger partial charge in [-0.25, -0.2) is 15.0 Å². The molecule has 119 heavy (non-hydrogen) atoms. The van der Waals surface area contributed by atoms with Gasteiger partial charge in [0, 0.05) is 200 Å². The van der Waals surface area contributed by atoms with E-state index in [1.807, 2.05) is 32.3 Å². The molecule has 14 N–H and O–H groups in total. The number of alkyl halides is 1. The number of hydrogen-bond acceptors (Lipinski definition) is 17. The minimum absolute atomic E-state index is 0. The number of fused-ring (bicyclic) bond motifs is 3. The van der Waals surface area contributed by atoms with Gasteiger partial charge < -0.3 is 128 Å². The molecular formula is C78H93Cl2N25O14. The highest BCUT2D eigenvalue weighted by Gasteiger charge is 2.35. The fourth-order valence-corrected chi connectivity index (χ4v) is 13.8. The lowest BCUT2D eigenvalue weighted by molar-refractivity contribution is -0.858. The fourth-order valence-electron chi connectivity index (χ4n) is 13.5. The molecule has 41 heteroatoms. The molecule has 8 aromatic heterocycles. The van der Waals surface area contributed by atoms with Crippen molar-refractivity contribution in [3.8, 4) is 5.75 Å². The van der Waals surface area contributed by atoms with E-state index in [0.29, 0.717) is 29.9 Å². The number of aryl methyl sites for hydroxylation is 8. The summed E-state index contributed by atoms with van der Waals surface area (Å²) in [6, 6.07) is 14.7. The van der Waals surface area contributed by atoms with Crippen molar-refractivity contribution in [2.45, 2.75) is 56.9 Å². The Hall–Kier alpha value is -13.8. The number of aromatic nitrogens is 11. The third-order valence-electron chi connectivity index (χ3n) is 19.4. The Bertz CT molecular complexity index is 5560. The van der Waals surface area contributed by atoms with Crippen molar-refractivity contribution < 1.29 is 84.7 Å². The van der Waals surface area contributed by atoms with Crippen LogP contribution in [-0.2, 0) is 80.4 Å². The predicted octanol–water partition coefficient (Wildman–Crippen LogP) is 0.0161. The maximum atomic E-state index is 14.3. The summed E-state index contributed by atoms with van der Waals surface area (Å²) in [7, 11) is 16.7. The molecule has 10 aromatic rings. The van der Waals surface area contributed by atoms with Crippen molar-refractivity contribution in [2.75, 3.05) is 101 Å². The van der Waals surface area contributed by atoms with Crippen molar-refractivity contribution in [1.29, 1.82) is 0 Å². The number of anilines is 8. The first-order valence-electron chi connectivity index (χ1n) is 37.6. The second-order valence-corrected chi connectivity index (χ2v) is 29.1. The molecule has 628 valence electrons. The lowest BCUT2D eigenvalue weighted by Gasteiger charge is -2.19. The molecule has 39 nitrogen and oxygen atoms in total. The van der Waals surface area contributed by atoms with Gasteiger partial charge in [-0.05, 0) is 54.1 Å². The van der Waals surface area contributed by atoms with E-state index < -0.39 is 71.0 Å². The predicted molar refractivity (Wildman–Crippen MR) is 437 cm³/mol. The summed E-state index contributed by atoms with van der Waals surface area (Å²) in [6.45, 7) is 1.61. The van der Waals surface area contributed by atoms with Crippen LogP contribution in [0.1, 0.15) is 141 Å². The van der Waals surface area contributed by atoms with Crippen molar-refractivity contribution >= 4 is 145 Å². The van der Waals surface area contributed by atoms with Crippen molar-refractivity contribution in [3.05, 3.63) is 168 Å². The van der Waals surface area contributed by atoms with Gasteiger partial charge in [0.05, 0.1) is 54.8 Å². The van der Waals surface area contributed by atoms with Crippen molar-refractivity contribution in [1.82, 2.24) is 78.1 Å². The van der Waals surface area contributed by atoms with Crippen molar-refractivity contribution in [3.63, 3.8) is 0 Å². The lowest BCUT2D eigenvalue weighted by atomic mass is 9.95. The molecule has 0 aliphatic carbocycles. The smallest absolute Gasteiger partial charge is 0.292 e. The summed E-state index contributed by atoms with van der Waals surface area (Å²) in [6.07, 6.45) is 13.7. The SMILES string of the molecule is Cn1cc(NC(=O)c2cc(NC(=O)c3cc(NC(=O)c4nc(NC(=O)[C@@H](CCNC(=O)c5cc(NC(=O)c6cc(NC(=O)c7nc(NC(=O)c8nccn8C)cn7C)cn6C)cn5C)NC(=O)CCCC(=O)NCCC(=O)N5C[C@@H](CCl)c6c5cc(O)c5ccccc65)cn4C)cn3C)cn2C)cc1C(=O)NCCC(=O)NCCC[NH+](C)C.[Cl-]. The molecule has 0 saturated heterocycles. The summed E-state index contributed by atoms with van der Waals surface area (Å²) in [5, 5.41) is 45.0. The zero-order valence-corrected chi connectivity index (χ0v) is 68.4. The number of phenols is 1. The van der Waals surface area contributed by atoms with E-state index in [9.17, 15) is 67.4 Å². The zero-order valence-electron chi connectivity index (χ0n) is 66.9. The summed E-state index contributed by atoms with van der Waals surface area (Å²) in [5.74, 6) is -7.20. The topological polar surface area (TPSA) is 472 Å². The molecule has 0 spiro atoms. The Morgan fingerprint density at radius 2 is 0.908 bits per heavy atom. The van der Waals surface area contributed by atoms with Crippen LogP contribution in [0, 0.1) is 0 Å². The number of quaternary nitrogens is 1. The van der Waals surface area contributed by atoms with Crippen LogP contribution in [0.5, 0.6) is 5.75 Å². The molecule has 9 heterocycles. The number of amides is 13. The number of carbonyl (C=O) groups is 13. The number of imidazole rings is 3. The summed E-state index contributed by atoms with van der Waals surface area (Å²) in [4.78, 5) is 191. The van der Waals surface area contributed by atoms with Gasteiger partial charge in [0.15, 0.2) is 17.5 Å². The Labute approximate surface area is 692 Å². The Morgan fingerprint density at radius 1 is 0.471 bits per heavy atom. The van der Waals surface area contributed by atoms with Gasteiger partial charge in [0.1, 0.15) is 40.3 Å². The minimum atomic E-state index is -1.36. The third kappa shape index (κ3) is 21.6. The Balaban J connectivity index is 0.0000149. The van der Waals surface area contributed by atoms with E-state index in [1.165, 1.54) is 122 Å². The maximum absolute atomic E-state index is 14.3. The highest BCUT2D eigenvalue weighted by molar-refractivity contribution is 6.19. The first-order valence-corrected chi connectivity index (χ1v) is 38.2. The molecule has 11 rings (SSSR count). The van der Waals surface area contributed by atoms with E-state index in [-0.39, 0.29) is 180 Å². The Kier molecular flexibility index (Phi) is 28.5. The van der Waals surface area contributed by atoms with Gasteiger partial charge >= 0.3 is 0 Å². The molecule has 0 saturated carbocycles. The highest BCUT2D eigenvalue weighted by Crippen LogP contribution is 2.45. The number of nitrogens with one attached hydrogen (secondary N) is 13. The monoisotopic (exact) mass is 1670 g/mol. The van der Waals surface area contributed by atoms with Crippen LogP contribution >= 0.6 is 11.6 Å². The van der Waals surface area contributed by atoms with E-state index in [4.69, 9.17) is 11.6 Å². The highest BCUT2D eigenvalue weighted by atomic mass is 35.5. The molecular weight excluding hydrogens is 1580 g/mol. The van der Waals surface area contributed by atoms with Crippen LogP contribution in [-0.4, -0.2) is 199 Å². The normalized spacial score (nSPS) is 12.4. The summed E-state index contributed by atoms with van der Waals surface area (Å²) < 4.78 is 11.7. The molecule has 1 aliphatic rings. The maximum Gasteiger partial charge on any atom is 0.292 e. The van der Waals surface area contributed by atoms with Crippen LogP contribution in [0.2, 0.25) is 0 Å². The van der Waals surface area contributed by atoms with Gasteiger partial charge in [0.2, 0.25) is 41.2 Å². The number of benzene rings is 2. The zero-order chi connectivity index (χ0) is 84.9. The number of phenolic OH excluding ortho intramolecular Hbond substituents is 1. The number of nitrogens with zero attached hydrogens (tertiary/aromatic N) is 12. The quantitative estimate of drug-likeness (QED) is 0.0184. The second-order valence-electron chi connectivity index (χ2n) is 28.8. The summed E-state index contributed by atoms with van der Waals surface area (Å²) in [5.41, 5.74) is 3.31. The van der Waals surface area contributed by atoms with E-state index >= 15 is 0 Å². The van der Waals surface area contributed by atoms with E-state index in [1.54, 1.807) is 78.8 Å².